The predicted molar refractivity (Wildman–Crippen MR) is 128 cm³/mol. The molecule has 9 nitrogen and oxygen atoms in total. The number of primary amides is 1. The van der Waals surface area contributed by atoms with Crippen molar-refractivity contribution in [2.45, 2.75) is 91.9 Å². The zero-order valence-electron chi connectivity index (χ0n) is 22.0. The van der Waals surface area contributed by atoms with Crippen molar-refractivity contribution in [3.8, 4) is 0 Å². The van der Waals surface area contributed by atoms with Crippen LogP contribution in [0.1, 0.15) is 73.6 Å². The van der Waals surface area contributed by atoms with Gasteiger partial charge in [-0.25, -0.2) is 0 Å². The monoisotopic (exact) mass is 522 g/mol. The number of rotatable bonds is 8. The van der Waals surface area contributed by atoms with E-state index in [1.807, 2.05) is 0 Å². The number of nitrogens with one attached hydrogen (secondary N) is 2. The fourth-order valence-electron chi connectivity index (χ4n) is 3.33. The molecule has 2 aliphatic rings. The second-order valence-corrected chi connectivity index (χ2v) is 9.89. The van der Waals surface area contributed by atoms with E-state index in [0.29, 0.717) is 6.42 Å². The molecule has 0 bridgehead atoms. The number of nitrogens with two attached hydrogens (primary N) is 1. The van der Waals surface area contributed by atoms with Crippen molar-refractivity contribution in [1.29, 1.82) is 0 Å². The average Bonchev–Trinajstić information content (AvgIpc) is 3.48. The topological polar surface area (TPSA) is 139 Å². The summed E-state index contributed by atoms with van der Waals surface area (Å²) in [6, 6.07) is -2.14. The third kappa shape index (κ3) is 12.3. The number of likely N-dealkylation sites (tertiary alicyclic amines) is 1. The summed E-state index contributed by atoms with van der Waals surface area (Å²) in [5.74, 6) is -5.22. The van der Waals surface area contributed by atoms with Crippen molar-refractivity contribution < 1.29 is 37.1 Å². The number of halogens is 3. The quantitative estimate of drug-likeness (QED) is 0.420. The highest BCUT2D eigenvalue weighted by Gasteiger charge is 2.43. The van der Waals surface area contributed by atoms with Crippen molar-refractivity contribution in [3.05, 3.63) is 0 Å². The molecule has 208 valence electrons. The summed E-state index contributed by atoms with van der Waals surface area (Å²) in [6.45, 7) is 11.6. The number of Topliss-reactive ketones (excluding diaryl/α,β-unsaturated/α-hetero) is 1. The van der Waals surface area contributed by atoms with Gasteiger partial charge in [0.05, 0.1) is 12.6 Å². The maximum atomic E-state index is 12.7. The third-order valence-electron chi connectivity index (χ3n) is 5.09. The lowest BCUT2D eigenvalue weighted by Gasteiger charge is -2.28. The van der Waals surface area contributed by atoms with Gasteiger partial charge < -0.3 is 21.3 Å². The number of hydrogen-bond donors (Lipinski definition) is 3. The molecule has 1 saturated carbocycles. The molecule has 12 heteroatoms. The molecule has 0 spiro atoms. The molecular weight excluding hydrogens is 481 g/mol. The number of alkyl halides is 3. The van der Waals surface area contributed by atoms with E-state index >= 15 is 0 Å². The zero-order chi connectivity index (χ0) is 28.2. The second-order valence-electron chi connectivity index (χ2n) is 9.89. The SMILES string of the molecule is CC(C)C.CC1CCN(C(=O)CNC(=O)C(F)(F)F)C1C(=O)NC(CC1CC1)C(=O)C(N)=O.CCC. The van der Waals surface area contributed by atoms with Crippen molar-refractivity contribution in [2.24, 2.45) is 23.5 Å². The molecule has 36 heavy (non-hydrogen) atoms. The molecule has 0 aromatic heterocycles. The molecule has 3 unspecified atom stereocenters. The van der Waals surface area contributed by atoms with E-state index in [1.54, 1.807) is 6.92 Å². The second kappa shape index (κ2) is 15.5. The summed E-state index contributed by atoms with van der Waals surface area (Å²) in [5.41, 5.74) is 5.03. The van der Waals surface area contributed by atoms with Gasteiger partial charge in [0.25, 0.3) is 5.91 Å². The standard InChI is InChI=1S/C17H23F3N4O5.C4H10.C3H8/c1-8-4-5-24(11(25)7-22-16(29)17(18,19)20)12(8)15(28)23-10(6-9-2-3-9)13(26)14(21)27;1-4(2)3;1-3-2/h8-10,12H,2-7H2,1H3,(H2,21,27)(H,22,29)(H,23,28);4H,1-3H3;3H2,1-2H3. The Kier molecular flexibility index (Phi) is 14.3. The summed E-state index contributed by atoms with van der Waals surface area (Å²) in [4.78, 5) is 60.2. The highest BCUT2D eigenvalue weighted by Crippen LogP contribution is 2.34. The Bertz CT molecular complexity index is 767. The molecule has 1 heterocycles. The van der Waals surface area contributed by atoms with Crippen LogP contribution in [0, 0.1) is 17.8 Å². The largest absolute Gasteiger partial charge is 0.471 e. The first-order valence-corrected chi connectivity index (χ1v) is 12.3. The lowest BCUT2D eigenvalue weighted by molar-refractivity contribution is -0.174. The molecule has 0 aromatic carbocycles. The van der Waals surface area contributed by atoms with Crippen LogP contribution in [0.15, 0.2) is 0 Å². The van der Waals surface area contributed by atoms with E-state index in [2.05, 4.69) is 39.9 Å². The van der Waals surface area contributed by atoms with Gasteiger partial charge >= 0.3 is 12.1 Å². The minimum absolute atomic E-state index is 0.108. The summed E-state index contributed by atoms with van der Waals surface area (Å²) < 4.78 is 36.8. The molecule has 1 saturated heterocycles. The van der Waals surface area contributed by atoms with Gasteiger partial charge in [-0.3, -0.25) is 24.0 Å². The lowest BCUT2D eigenvalue weighted by Crippen LogP contribution is -2.55. The van der Waals surface area contributed by atoms with E-state index in [-0.39, 0.29) is 24.8 Å². The Morgan fingerprint density at radius 1 is 1.03 bits per heavy atom. The van der Waals surface area contributed by atoms with Crippen LogP contribution in [-0.4, -0.2) is 65.7 Å². The fraction of sp³-hybridized carbons (Fsp3) is 0.792. The number of ketones is 1. The Balaban J connectivity index is 0.00000155. The highest BCUT2D eigenvalue weighted by atomic mass is 19.4. The highest BCUT2D eigenvalue weighted by molar-refractivity contribution is 6.37. The van der Waals surface area contributed by atoms with Crippen LogP contribution in [0.3, 0.4) is 0 Å². The van der Waals surface area contributed by atoms with E-state index in [0.717, 1.165) is 23.7 Å². The maximum absolute atomic E-state index is 12.7. The summed E-state index contributed by atoms with van der Waals surface area (Å²) in [7, 11) is 0. The van der Waals surface area contributed by atoms with Gasteiger partial charge in [0.2, 0.25) is 17.6 Å². The van der Waals surface area contributed by atoms with Crippen LogP contribution in [-0.2, 0) is 24.0 Å². The predicted octanol–water partition coefficient (Wildman–Crippen LogP) is 2.32. The third-order valence-corrected chi connectivity index (χ3v) is 5.09. The van der Waals surface area contributed by atoms with Gasteiger partial charge in [-0.2, -0.15) is 13.2 Å². The van der Waals surface area contributed by atoms with E-state index < -0.39 is 54.2 Å². The minimum Gasteiger partial charge on any atom is -0.363 e. The van der Waals surface area contributed by atoms with Gasteiger partial charge in [-0.05, 0) is 30.6 Å². The number of carbonyl (C=O) groups excluding carboxylic acids is 5. The average molecular weight is 523 g/mol. The van der Waals surface area contributed by atoms with Crippen molar-refractivity contribution in [2.75, 3.05) is 13.1 Å². The van der Waals surface area contributed by atoms with E-state index in [4.69, 9.17) is 5.73 Å². The summed E-state index contributed by atoms with van der Waals surface area (Å²) in [5, 5.41) is 3.94. The van der Waals surface area contributed by atoms with Gasteiger partial charge in [-0.15, -0.1) is 0 Å². The smallest absolute Gasteiger partial charge is 0.363 e. The molecule has 0 aromatic rings. The molecule has 3 atom stereocenters. The number of nitrogens with zero attached hydrogens (tertiary/aromatic N) is 1. The van der Waals surface area contributed by atoms with Crippen LogP contribution in [0.25, 0.3) is 0 Å². The van der Waals surface area contributed by atoms with Gasteiger partial charge in [-0.1, -0.05) is 60.8 Å². The molecule has 4 N–H and O–H groups in total. The molecular formula is C24H41F3N4O5. The van der Waals surface area contributed by atoms with Gasteiger partial charge in [0.15, 0.2) is 0 Å². The molecule has 2 rings (SSSR count). The first-order valence-electron chi connectivity index (χ1n) is 12.3. The van der Waals surface area contributed by atoms with Crippen molar-refractivity contribution in [1.82, 2.24) is 15.5 Å². The Hall–Kier alpha value is -2.66. The molecule has 1 aliphatic heterocycles. The summed E-state index contributed by atoms with van der Waals surface area (Å²) in [6.07, 6.45) is -1.48. The Morgan fingerprint density at radius 2 is 1.53 bits per heavy atom. The van der Waals surface area contributed by atoms with E-state index in [9.17, 15) is 37.1 Å². The van der Waals surface area contributed by atoms with Crippen LogP contribution >= 0.6 is 0 Å². The number of amides is 4. The normalized spacial score (nSPS) is 19.8. The Morgan fingerprint density at radius 3 is 1.94 bits per heavy atom. The molecule has 0 radical (unpaired) electrons. The first kappa shape index (κ1) is 33.3. The minimum atomic E-state index is -5.12. The number of hydrogen-bond acceptors (Lipinski definition) is 5. The van der Waals surface area contributed by atoms with Gasteiger partial charge in [0.1, 0.15) is 6.04 Å². The van der Waals surface area contributed by atoms with Crippen LogP contribution in [0.5, 0.6) is 0 Å². The molecule has 4 amide bonds. The zero-order valence-corrected chi connectivity index (χ0v) is 22.0. The van der Waals surface area contributed by atoms with E-state index in [1.165, 1.54) is 11.7 Å². The van der Waals surface area contributed by atoms with Gasteiger partial charge in [0, 0.05) is 6.54 Å². The van der Waals surface area contributed by atoms with Crippen LogP contribution in [0.4, 0.5) is 13.2 Å². The molecule has 1 aliphatic carbocycles. The summed E-state index contributed by atoms with van der Waals surface area (Å²) >= 11 is 0. The maximum Gasteiger partial charge on any atom is 0.471 e. The Labute approximate surface area is 211 Å². The first-order chi connectivity index (χ1) is 16.6. The van der Waals surface area contributed by atoms with Crippen LogP contribution < -0.4 is 16.4 Å². The lowest BCUT2D eigenvalue weighted by atomic mass is 10.00. The van der Waals surface area contributed by atoms with Crippen molar-refractivity contribution in [3.63, 3.8) is 0 Å². The van der Waals surface area contributed by atoms with Crippen LogP contribution in [0.2, 0.25) is 0 Å². The number of carbonyl (C=O) groups is 5. The molecule has 2 fully saturated rings. The van der Waals surface area contributed by atoms with Crippen molar-refractivity contribution >= 4 is 29.4 Å². The fourth-order valence-corrected chi connectivity index (χ4v) is 3.33.